The minimum absolute atomic E-state index is 0.0232. The van der Waals surface area contributed by atoms with E-state index in [-0.39, 0.29) is 17.8 Å². The number of para-hydroxylation sites is 1. The fourth-order valence-electron chi connectivity index (χ4n) is 1.07. The number of nitrogens with one attached hydrogen (secondary N) is 3. The molecule has 0 spiro atoms. The summed E-state index contributed by atoms with van der Waals surface area (Å²) in [6, 6.07) is 5.64. The predicted molar refractivity (Wildman–Crippen MR) is 57.3 cm³/mol. The van der Waals surface area contributed by atoms with Crippen LogP contribution in [0.4, 0.5) is 5.69 Å². The van der Waals surface area contributed by atoms with Crippen molar-refractivity contribution >= 4 is 17.8 Å². The number of rotatable bonds is 5. The van der Waals surface area contributed by atoms with Crippen LogP contribution in [-0.4, -0.2) is 23.6 Å². The van der Waals surface area contributed by atoms with Gasteiger partial charge in [-0.25, -0.2) is 5.43 Å². The van der Waals surface area contributed by atoms with Crippen molar-refractivity contribution in [1.82, 2.24) is 10.9 Å². The van der Waals surface area contributed by atoms with Crippen LogP contribution in [0.5, 0.6) is 0 Å². The molecule has 84 valence electrons. The summed E-state index contributed by atoms with van der Waals surface area (Å²) in [4.78, 5) is 21.5. The molecule has 0 saturated heterocycles. The molecular weight excluding hydrogens is 212 g/mol. The van der Waals surface area contributed by atoms with Gasteiger partial charge in [0.15, 0.2) is 0 Å². The Morgan fingerprint density at radius 3 is 2.81 bits per heavy atom. The summed E-state index contributed by atoms with van der Waals surface area (Å²) in [6.45, 7) is 0.159. The Bertz CT molecular complexity index is 419. The van der Waals surface area contributed by atoms with Crippen LogP contribution in [-0.2, 0) is 0 Å². The number of amides is 1. The molecule has 0 aromatic heterocycles. The molecule has 7 nitrogen and oxygen atoms in total. The first kappa shape index (κ1) is 11.8. The molecule has 0 fully saturated rings. The van der Waals surface area contributed by atoms with Crippen molar-refractivity contribution in [2.45, 2.75) is 0 Å². The maximum Gasteiger partial charge on any atom is 0.282 e. The van der Waals surface area contributed by atoms with Crippen molar-refractivity contribution in [2.75, 3.05) is 6.54 Å². The minimum Gasteiger partial charge on any atom is -0.312 e. The van der Waals surface area contributed by atoms with Crippen LogP contribution < -0.4 is 10.9 Å². The zero-order chi connectivity index (χ0) is 12.0. The van der Waals surface area contributed by atoms with Crippen molar-refractivity contribution in [3.63, 3.8) is 0 Å². The van der Waals surface area contributed by atoms with Crippen LogP contribution in [0.25, 0.3) is 0 Å². The highest BCUT2D eigenvalue weighted by Crippen LogP contribution is 2.16. The van der Waals surface area contributed by atoms with Crippen LogP contribution in [0.2, 0.25) is 0 Å². The minimum atomic E-state index is -0.620. The van der Waals surface area contributed by atoms with Gasteiger partial charge in [0.25, 0.3) is 11.6 Å². The second kappa shape index (κ2) is 5.56. The number of carbonyl (C=O) groups is 1. The van der Waals surface area contributed by atoms with Crippen LogP contribution >= 0.6 is 0 Å². The number of nitro benzene ring substituents is 1. The molecule has 0 aliphatic heterocycles. The van der Waals surface area contributed by atoms with Gasteiger partial charge in [0.2, 0.25) is 0 Å². The Balaban J connectivity index is 2.82. The van der Waals surface area contributed by atoms with Crippen molar-refractivity contribution in [3.05, 3.63) is 39.9 Å². The topological polar surface area (TPSA) is 108 Å². The van der Waals surface area contributed by atoms with Gasteiger partial charge in [-0.1, -0.05) is 12.1 Å². The summed E-state index contributed by atoms with van der Waals surface area (Å²) in [5, 5.41) is 17.3. The first-order valence-electron chi connectivity index (χ1n) is 4.42. The molecule has 3 N–H and O–H groups in total. The molecule has 7 heteroatoms. The van der Waals surface area contributed by atoms with Gasteiger partial charge < -0.3 is 5.41 Å². The molecule has 0 saturated carbocycles. The summed E-state index contributed by atoms with van der Waals surface area (Å²) in [5.74, 6) is -0.603. The standard InChI is InChI=1S/C9H10N4O3/c10-5-6-11-12-9(14)7-3-1-2-4-8(7)13(15)16/h1-5,10-11H,6H2,(H,12,14). The maximum atomic E-state index is 11.5. The zero-order valence-corrected chi connectivity index (χ0v) is 8.27. The Morgan fingerprint density at radius 1 is 1.50 bits per heavy atom. The predicted octanol–water partition coefficient (Wildman–Crippen LogP) is 0.479. The molecule has 0 aliphatic carbocycles. The third-order valence-corrected chi connectivity index (χ3v) is 1.75. The lowest BCUT2D eigenvalue weighted by Crippen LogP contribution is -2.38. The number of hydrogen-bond donors (Lipinski definition) is 3. The molecule has 1 amide bonds. The molecular formula is C9H10N4O3. The van der Waals surface area contributed by atoms with Crippen LogP contribution in [0.1, 0.15) is 10.4 Å². The fraction of sp³-hybridized carbons (Fsp3) is 0.111. The van der Waals surface area contributed by atoms with E-state index in [1.807, 2.05) is 0 Å². The smallest absolute Gasteiger partial charge is 0.282 e. The molecule has 0 heterocycles. The van der Waals surface area contributed by atoms with Crippen LogP contribution in [0, 0.1) is 15.5 Å². The summed E-state index contributed by atoms with van der Waals surface area (Å²) >= 11 is 0. The van der Waals surface area contributed by atoms with E-state index in [0.29, 0.717) is 0 Å². The summed E-state index contributed by atoms with van der Waals surface area (Å²) in [7, 11) is 0. The van der Waals surface area contributed by atoms with E-state index < -0.39 is 10.8 Å². The lowest BCUT2D eigenvalue weighted by atomic mass is 10.2. The molecule has 1 aromatic rings. The van der Waals surface area contributed by atoms with E-state index in [0.717, 1.165) is 6.21 Å². The Labute approximate surface area is 91.1 Å². The number of hydrazine groups is 1. The monoisotopic (exact) mass is 222 g/mol. The lowest BCUT2D eigenvalue weighted by Gasteiger charge is -2.04. The van der Waals surface area contributed by atoms with Crippen molar-refractivity contribution < 1.29 is 9.72 Å². The molecule has 1 rings (SSSR count). The van der Waals surface area contributed by atoms with Crippen molar-refractivity contribution in [2.24, 2.45) is 0 Å². The second-order valence-corrected chi connectivity index (χ2v) is 2.81. The number of hydrogen-bond acceptors (Lipinski definition) is 5. The van der Waals surface area contributed by atoms with Gasteiger partial charge in [-0.2, -0.15) is 0 Å². The highest BCUT2D eigenvalue weighted by Gasteiger charge is 2.18. The van der Waals surface area contributed by atoms with E-state index in [1.165, 1.54) is 18.2 Å². The number of carbonyl (C=O) groups excluding carboxylic acids is 1. The summed E-state index contributed by atoms with van der Waals surface area (Å²) in [5.41, 5.74) is 4.41. The first-order chi connectivity index (χ1) is 7.66. The normalized spacial score (nSPS) is 9.50. The number of benzene rings is 1. The Kier molecular flexibility index (Phi) is 4.10. The van der Waals surface area contributed by atoms with E-state index in [9.17, 15) is 14.9 Å². The second-order valence-electron chi connectivity index (χ2n) is 2.81. The number of nitrogens with zero attached hydrogens (tertiary/aromatic N) is 1. The van der Waals surface area contributed by atoms with E-state index in [1.54, 1.807) is 6.07 Å². The highest BCUT2D eigenvalue weighted by molar-refractivity contribution is 5.97. The molecule has 0 aliphatic rings. The van der Waals surface area contributed by atoms with E-state index in [2.05, 4.69) is 10.9 Å². The summed E-state index contributed by atoms with van der Waals surface area (Å²) < 4.78 is 0. The molecule has 0 atom stereocenters. The van der Waals surface area contributed by atoms with E-state index >= 15 is 0 Å². The third-order valence-electron chi connectivity index (χ3n) is 1.75. The lowest BCUT2D eigenvalue weighted by molar-refractivity contribution is -0.385. The fourth-order valence-corrected chi connectivity index (χ4v) is 1.07. The van der Waals surface area contributed by atoms with Crippen LogP contribution in [0.3, 0.4) is 0 Å². The largest absolute Gasteiger partial charge is 0.312 e. The van der Waals surface area contributed by atoms with E-state index in [4.69, 9.17) is 5.41 Å². The Morgan fingerprint density at radius 2 is 2.19 bits per heavy atom. The first-order valence-corrected chi connectivity index (χ1v) is 4.42. The van der Waals surface area contributed by atoms with Gasteiger partial charge in [-0.05, 0) is 6.07 Å². The van der Waals surface area contributed by atoms with Gasteiger partial charge in [0.1, 0.15) is 5.56 Å². The summed E-state index contributed by atoms with van der Waals surface area (Å²) in [6.07, 6.45) is 1.06. The van der Waals surface area contributed by atoms with Crippen molar-refractivity contribution in [3.8, 4) is 0 Å². The zero-order valence-electron chi connectivity index (χ0n) is 8.27. The average Bonchev–Trinajstić information content (AvgIpc) is 2.29. The molecule has 0 unspecified atom stereocenters. The molecule has 16 heavy (non-hydrogen) atoms. The number of nitro groups is 1. The van der Waals surface area contributed by atoms with Crippen LogP contribution in [0.15, 0.2) is 24.3 Å². The molecule has 1 aromatic carbocycles. The molecule has 0 bridgehead atoms. The SMILES string of the molecule is N=CCNNC(=O)c1ccccc1[N+](=O)[O-]. The van der Waals surface area contributed by atoms with Gasteiger partial charge >= 0.3 is 0 Å². The maximum absolute atomic E-state index is 11.5. The highest BCUT2D eigenvalue weighted by atomic mass is 16.6. The van der Waals surface area contributed by atoms with Gasteiger partial charge in [-0.15, -0.1) is 0 Å². The average molecular weight is 222 g/mol. The van der Waals surface area contributed by atoms with Gasteiger partial charge in [0, 0.05) is 18.8 Å². The van der Waals surface area contributed by atoms with Gasteiger partial charge in [-0.3, -0.25) is 20.3 Å². The molecule has 0 radical (unpaired) electrons. The quantitative estimate of drug-likeness (QED) is 0.291. The third kappa shape index (κ3) is 2.85. The van der Waals surface area contributed by atoms with Gasteiger partial charge in [0.05, 0.1) is 4.92 Å². The Hall–Kier alpha value is -2.28. The van der Waals surface area contributed by atoms with Crippen molar-refractivity contribution in [1.29, 1.82) is 5.41 Å².